The van der Waals surface area contributed by atoms with Crippen LogP contribution in [0.5, 0.6) is 0 Å². The third-order valence-corrected chi connectivity index (χ3v) is 2.79. The third-order valence-electron chi connectivity index (χ3n) is 2.52. The molecule has 1 aromatic heterocycles. The van der Waals surface area contributed by atoms with Crippen LogP contribution in [0, 0.1) is 6.92 Å². The topological polar surface area (TPSA) is 67.3 Å². The van der Waals surface area contributed by atoms with Crippen LogP contribution < -0.4 is 10.4 Å². The Morgan fingerprint density at radius 2 is 2.33 bits per heavy atom. The molecule has 1 aliphatic rings. The highest BCUT2D eigenvalue weighted by molar-refractivity contribution is 6.31. The largest absolute Gasteiger partial charge is 0.382 e. The van der Waals surface area contributed by atoms with E-state index >= 15 is 0 Å². The van der Waals surface area contributed by atoms with Crippen LogP contribution in [-0.4, -0.2) is 35.7 Å². The number of nitrogens with one attached hydrogen (secondary N) is 1. The van der Waals surface area contributed by atoms with Gasteiger partial charge in [0.2, 0.25) is 0 Å². The molecule has 0 amide bonds. The van der Waals surface area contributed by atoms with Gasteiger partial charge in [0.25, 0.3) is 0 Å². The van der Waals surface area contributed by atoms with Crippen LogP contribution in [0.1, 0.15) is 5.69 Å². The molecule has 0 bridgehead atoms. The summed E-state index contributed by atoms with van der Waals surface area (Å²) in [6, 6.07) is 3.57. The monoisotopic (exact) mass is 268 g/mol. The molecule has 0 spiro atoms. The van der Waals surface area contributed by atoms with Crippen molar-refractivity contribution in [2.45, 2.75) is 12.5 Å². The van der Waals surface area contributed by atoms with Gasteiger partial charge < -0.3 is 9.53 Å². The second-order valence-corrected chi connectivity index (χ2v) is 4.43. The fourth-order valence-corrected chi connectivity index (χ4v) is 1.98. The minimum atomic E-state index is -0.960. The normalized spacial score (nSPS) is 23.1. The van der Waals surface area contributed by atoms with Gasteiger partial charge in [0, 0.05) is 7.11 Å². The number of aromatic nitrogens is 2. The first kappa shape index (κ1) is 12.9. The summed E-state index contributed by atoms with van der Waals surface area (Å²) in [5.41, 5.74) is 2.80. The molecule has 0 saturated heterocycles. The Bertz CT molecular complexity index is 476. The highest BCUT2D eigenvalue weighted by Crippen LogP contribution is 2.26. The zero-order valence-electron chi connectivity index (χ0n) is 10.1. The van der Waals surface area contributed by atoms with Crippen molar-refractivity contribution in [2.75, 3.05) is 18.7 Å². The van der Waals surface area contributed by atoms with Gasteiger partial charge in [-0.25, -0.2) is 10.4 Å². The number of hydrogen-bond donors (Lipinski definition) is 1. The van der Waals surface area contributed by atoms with Crippen LogP contribution in [0.3, 0.4) is 0 Å². The van der Waals surface area contributed by atoms with Crippen LogP contribution in [0.2, 0.25) is 0 Å². The third kappa shape index (κ3) is 2.35. The average molecular weight is 269 g/mol. The molecular weight excluding hydrogens is 256 g/mol. The molecule has 96 valence electrons. The van der Waals surface area contributed by atoms with Crippen molar-refractivity contribution in [3.05, 3.63) is 29.1 Å². The van der Waals surface area contributed by atoms with Crippen molar-refractivity contribution in [3.8, 4) is 0 Å². The van der Waals surface area contributed by atoms with E-state index in [4.69, 9.17) is 16.3 Å². The maximum absolute atomic E-state index is 11.2. The number of hydrogen-bond acceptors (Lipinski definition) is 6. The number of aryl methyl sites for hydroxylation is 1. The van der Waals surface area contributed by atoms with Crippen LogP contribution in [0.4, 0.5) is 5.82 Å². The predicted octanol–water partition coefficient (Wildman–Crippen LogP) is 0.774. The fourth-order valence-electron chi connectivity index (χ4n) is 1.66. The summed E-state index contributed by atoms with van der Waals surface area (Å²) in [6.45, 7) is 2.02. The van der Waals surface area contributed by atoms with Crippen molar-refractivity contribution in [2.24, 2.45) is 0 Å². The lowest BCUT2D eigenvalue weighted by Gasteiger charge is -2.24. The quantitative estimate of drug-likeness (QED) is 0.643. The van der Waals surface area contributed by atoms with Crippen LogP contribution in [-0.2, 0) is 9.53 Å². The summed E-state index contributed by atoms with van der Waals surface area (Å²) >= 11 is 6.09. The van der Waals surface area contributed by atoms with Crippen LogP contribution >= 0.6 is 11.6 Å². The summed E-state index contributed by atoms with van der Waals surface area (Å²) in [6.07, 6.45) is 2.34. The number of carbonyl (C=O) groups is 1. The molecule has 0 aromatic carbocycles. The molecule has 2 heterocycles. The zero-order chi connectivity index (χ0) is 13.2. The summed E-state index contributed by atoms with van der Waals surface area (Å²) in [5, 5.41) is 9.80. The Hall–Kier alpha value is -1.50. The molecule has 0 radical (unpaired) electrons. The Morgan fingerprint density at radius 3 is 2.89 bits per heavy atom. The van der Waals surface area contributed by atoms with Gasteiger partial charge in [0.1, 0.15) is 17.0 Å². The second kappa shape index (κ2) is 5.01. The average Bonchev–Trinajstić information content (AvgIpc) is 2.69. The summed E-state index contributed by atoms with van der Waals surface area (Å²) < 4.78 is 5.01. The van der Waals surface area contributed by atoms with E-state index < -0.39 is 5.54 Å². The lowest BCUT2D eigenvalue weighted by Crippen LogP contribution is -2.51. The van der Waals surface area contributed by atoms with Crippen molar-refractivity contribution in [3.63, 3.8) is 0 Å². The van der Waals surface area contributed by atoms with E-state index in [9.17, 15) is 4.79 Å². The first-order valence-corrected chi connectivity index (χ1v) is 5.70. The summed E-state index contributed by atoms with van der Waals surface area (Å²) in [4.78, 5) is 11.2. The highest BCUT2D eigenvalue weighted by atomic mass is 35.5. The summed E-state index contributed by atoms with van der Waals surface area (Å²) in [5.74, 6) is 0.515. The van der Waals surface area contributed by atoms with Gasteiger partial charge in [0.15, 0.2) is 5.82 Å². The number of anilines is 1. The van der Waals surface area contributed by atoms with E-state index in [0.29, 0.717) is 11.0 Å². The van der Waals surface area contributed by atoms with Gasteiger partial charge in [-0.2, -0.15) is 5.10 Å². The number of nitrogens with zero attached hydrogens (tertiary/aromatic N) is 3. The molecule has 1 aliphatic heterocycles. The van der Waals surface area contributed by atoms with E-state index in [1.54, 1.807) is 12.1 Å². The van der Waals surface area contributed by atoms with E-state index in [0.717, 1.165) is 12.0 Å². The molecule has 1 atom stereocenters. The molecule has 0 saturated carbocycles. The van der Waals surface area contributed by atoms with E-state index in [1.807, 2.05) is 13.0 Å². The maximum atomic E-state index is 11.2. The molecule has 0 aliphatic carbocycles. The first-order valence-electron chi connectivity index (χ1n) is 5.32. The number of rotatable bonds is 4. The van der Waals surface area contributed by atoms with Gasteiger partial charge in [-0.3, -0.25) is 0 Å². The van der Waals surface area contributed by atoms with Crippen LogP contribution in [0.25, 0.3) is 0 Å². The highest BCUT2D eigenvalue weighted by Gasteiger charge is 2.38. The SMILES string of the molecule is COCC1(C=O)C=C(Cl)N(c2ccc(C)nn2)N1. The van der Waals surface area contributed by atoms with Gasteiger partial charge in [-0.05, 0) is 25.1 Å². The minimum absolute atomic E-state index is 0.183. The Kier molecular flexibility index (Phi) is 3.60. The van der Waals surface area contributed by atoms with Crippen LogP contribution in [0.15, 0.2) is 23.4 Å². The smallest absolute Gasteiger partial charge is 0.171 e. The maximum Gasteiger partial charge on any atom is 0.171 e. The molecule has 0 fully saturated rings. The number of ether oxygens (including phenoxy) is 1. The Morgan fingerprint density at radius 1 is 1.56 bits per heavy atom. The molecule has 7 heteroatoms. The number of methoxy groups -OCH3 is 1. The predicted molar refractivity (Wildman–Crippen MR) is 67.0 cm³/mol. The Balaban J connectivity index is 2.26. The zero-order valence-corrected chi connectivity index (χ0v) is 10.8. The van der Waals surface area contributed by atoms with Crippen molar-refractivity contribution < 1.29 is 9.53 Å². The first-order chi connectivity index (χ1) is 8.60. The standard InChI is InChI=1S/C11H13ClN4O2/c1-8-3-4-10(14-13-8)16-9(12)5-11(6-17,15-16)7-18-2/h3-6,15H,7H2,1-2H3. The Labute approximate surface area is 110 Å². The summed E-state index contributed by atoms with van der Waals surface area (Å²) in [7, 11) is 1.52. The molecule has 18 heavy (non-hydrogen) atoms. The molecule has 6 nitrogen and oxygen atoms in total. The van der Waals surface area contributed by atoms with Gasteiger partial charge >= 0.3 is 0 Å². The molecular formula is C11H13ClN4O2. The second-order valence-electron chi connectivity index (χ2n) is 4.04. The molecule has 2 rings (SSSR count). The van der Waals surface area contributed by atoms with Gasteiger partial charge in [0.05, 0.1) is 12.3 Å². The number of hydrazine groups is 1. The van der Waals surface area contributed by atoms with E-state index in [2.05, 4.69) is 15.6 Å². The van der Waals surface area contributed by atoms with E-state index in [-0.39, 0.29) is 6.61 Å². The molecule has 1 aromatic rings. The lowest BCUT2D eigenvalue weighted by molar-refractivity contribution is -0.113. The number of carbonyl (C=O) groups excluding carboxylic acids is 1. The lowest BCUT2D eigenvalue weighted by atomic mass is 10.1. The van der Waals surface area contributed by atoms with Gasteiger partial charge in [-0.15, -0.1) is 5.10 Å². The molecule has 1 unspecified atom stereocenters. The van der Waals surface area contributed by atoms with Crippen molar-refractivity contribution in [1.82, 2.24) is 15.6 Å². The van der Waals surface area contributed by atoms with Crippen molar-refractivity contribution >= 4 is 23.7 Å². The van der Waals surface area contributed by atoms with Crippen molar-refractivity contribution in [1.29, 1.82) is 0 Å². The number of aldehydes is 1. The fraction of sp³-hybridized carbons (Fsp3) is 0.364. The number of halogens is 1. The minimum Gasteiger partial charge on any atom is -0.382 e. The molecule has 1 N–H and O–H groups in total. The van der Waals surface area contributed by atoms with Gasteiger partial charge in [-0.1, -0.05) is 11.6 Å². The van der Waals surface area contributed by atoms with E-state index in [1.165, 1.54) is 12.1 Å².